The highest BCUT2D eigenvalue weighted by Gasteiger charge is 2.39. The zero-order chi connectivity index (χ0) is 39.3. The highest BCUT2D eigenvalue weighted by Crippen LogP contribution is 2.50. The first-order valence-corrected chi connectivity index (χ1v) is 22.3. The van der Waals surface area contributed by atoms with Crippen molar-refractivity contribution in [1.29, 1.82) is 0 Å². The first-order valence-electron chi connectivity index (χ1n) is 20.8. The van der Waals surface area contributed by atoms with Gasteiger partial charge in [0.25, 0.3) is 0 Å². The van der Waals surface area contributed by atoms with E-state index in [4.69, 9.17) is 23.3 Å². The predicted molar refractivity (Wildman–Crippen MR) is 211 cm³/mol. The molecule has 0 bridgehead atoms. The van der Waals surface area contributed by atoms with Gasteiger partial charge in [0.15, 0.2) is 6.10 Å². The number of rotatable bonds is 29. The van der Waals surface area contributed by atoms with Gasteiger partial charge in [0, 0.05) is 18.4 Å². The Morgan fingerprint density at radius 1 is 0.755 bits per heavy atom. The van der Waals surface area contributed by atoms with E-state index in [0.717, 1.165) is 56.1 Å². The summed E-state index contributed by atoms with van der Waals surface area (Å²) in [4.78, 5) is 36.3. The number of esters is 2. The Labute approximate surface area is 321 Å². The second kappa shape index (κ2) is 25.1. The fourth-order valence-electron chi connectivity index (χ4n) is 6.78. The Morgan fingerprint density at radius 2 is 1.25 bits per heavy atom. The van der Waals surface area contributed by atoms with Gasteiger partial charge in [-0.15, -0.1) is 0 Å². The van der Waals surface area contributed by atoms with Crippen LogP contribution in [0.1, 0.15) is 185 Å². The monoisotopic (exact) mass is 768 g/mol. The number of unbranched alkanes of at least 4 members (excludes halogenated alkanes) is 16. The summed E-state index contributed by atoms with van der Waals surface area (Å²) < 4.78 is 41.8. The zero-order valence-corrected chi connectivity index (χ0v) is 35.1. The molecule has 0 radical (unpaired) electrons. The molecule has 0 fully saturated rings. The van der Waals surface area contributed by atoms with Gasteiger partial charge in [-0.1, -0.05) is 117 Å². The summed E-state index contributed by atoms with van der Waals surface area (Å²) in [6, 6.07) is 0. The molecular formula is C42H73O10P. The number of fused-ring (bicyclic) bond motifs is 1. The van der Waals surface area contributed by atoms with E-state index >= 15 is 0 Å². The lowest BCUT2D eigenvalue weighted by atomic mass is 9.85. The normalized spacial score (nSPS) is 17.7. The van der Waals surface area contributed by atoms with Gasteiger partial charge in [0.05, 0.1) is 6.10 Å². The Balaban J connectivity index is 1.98. The van der Waals surface area contributed by atoms with E-state index < -0.39 is 44.2 Å². The average molecular weight is 769 g/mol. The first kappa shape index (κ1) is 47.0. The van der Waals surface area contributed by atoms with Gasteiger partial charge in [-0.2, -0.15) is 0 Å². The van der Waals surface area contributed by atoms with Gasteiger partial charge in [-0.3, -0.25) is 19.0 Å². The quantitative estimate of drug-likeness (QED) is 0.0460. The highest BCUT2D eigenvalue weighted by atomic mass is 31.2. The van der Waals surface area contributed by atoms with Crippen LogP contribution in [0.15, 0.2) is 0 Å². The third-order valence-electron chi connectivity index (χ3n) is 10.7. The molecule has 0 saturated heterocycles. The Bertz CT molecular complexity index is 1280. The van der Waals surface area contributed by atoms with Crippen molar-refractivity contribution in [2.45, 2.75) is 208 Å². The van der Waals surface area contributed by atoms with Gasteiger partial charge in [-0.05, 0) is 77.0 Å². The van der Waals surface area contributed by atoms with E-state index in [1.807, 2.05) is 13.8 Å². The van der Waals surface area contributed by atoms with Crippen LogP contribution < -0.4 is 9.26 Å². The topological polar surface area (TPSA) is 138 Å². The minimum absolute atomic E-state index is 0.203. The van der Waals surface area contributed by atoms with Gasteiger partial charge < -0.3 is 23.8 Å². The van der Waals surface area contributed by atoms with Crippen LogP contribution in [0.4, 0.5) is 0 Å². The van der Waals surface area contributed by atoms with Crippen LogP contribution in [0.25, 0.3) is 0 Å². The van der Waals surface area contributed by atoms with Crippen LogP contribution in [-0.2, 0) is 34.6 Å². The van der Waals surface area contributed by atoms with E-state index in [1.54, 1.807) is 20.8 Å². The fourth-order valence-corrected chi connectivity index (χ4v) is 7.69. The van der Waals surface area contributed by atoms with Crippen molar-refractivity contribution in [3.8, 4) is 11.5 Å². The number of aliphatic hydroxyl groups is 1. The van der Waals surface area contributed by atoms with Crippen molar-refractivity contribution in [3.05, 3.63) is 22.3 Å². The van der Waals surface area contributed by atoms with Crippen molar-refractivity contribution in [2.75, 3.05) is 13.2 Å². The molecule has 0 aromatic heterocycles. The van der Waals surface area contributed by atoms with E-state index in [2.05, 4.69) is 13.8 Å². The van der Waals surface area contributed by atoms with E-state index in [1.165, 1.54) is 64.2 Å². The molecule has 1 aromatic carbocycles. The standard InChI is InChI=1S/C42H73O10P/c1-8-10-12-14-16-18-20-22-24-26-38(44)48-30-36(50-39(45)27-25-23-21-19-17-15-13-11-9-2)31-49-53(46,47)52-40-32(3)33(4)41-37(34(40)5)28-29-42(7,51-41)35(6)43/h35-36,43H,8-31H2,1-7H3,(H,46,47)/t35?,36-,42?/m1/s1. The first-order chi connectivity index (χ1) is 25.2. The third-order valence-corrected chi connectivity index (χ3v) is 11.6. The predicted octanol–water partition coefficient (Wildman–Crippen LogP) is 10.9. The molecule has 0 saturated carbocycles. The van der Waals surface area contributed by atoms with Crippen molar-refractivity contribution < 1.29 is 47.4 Å². The number of ether oxygens (including phenoxy) is 3. The maximum absolute atomic E-state index is 13.3. The van der Waals surface area contributed by atoms with Crippen molar-refractivity contribution in [2.24, 2.45) is 0 Å². The average Bonchev–Trinajstić information content (AvgIpc) is 3.12. The molecule has 1 aromatic rings. The Kier molecular flexibility index (Phi) is 22.3. The Hall–Kier alpha value is -2.13. The maximum Gasteiger partial charge on any atom is 0.527 e. The minimum atomic E-state index is -4.70. The zero-order valence-electron chi connectivity index (χ0n) is 34.2. The molecular weight excluding hydrogens is 695 g/mol. The molecule has 10 nitrogen and oxygen atoms in total. The maximum atomic E-state index is 13.3. The van der Waals surface area contributed by atoms with Crippen LogP contribution in [0, 0.1) is 20.8 Å². The van der Waals surface area contributed by atoms with Gasteiger partial charge in [-0.25, -0.2) is 4.57 Å². The van der Waals surface area contributed by atoms with E-state index in [9.17, 15) is 24.2 Å². The molecule has 11 heteroatoms. The van der Waals surface area contributed by atoms with Gasteiger partial charge in [0.1, 0.15) is 30.3 Å². The number of phosphoric ester groups is 1. The highest BCUT2D eigenvalue weighted by molar-refractivity contribution is 7.47. The van der Waals surface area contributed by atoms with Crippen LogP contribution in [0.3, 0.4) is 0 Å². The van der Waals surface area contributed by atoms with Gasteiger partial charge in [0.2, 0.25) is 0 Å². The number of benzene rings is 1. The molecule has 1 aliphatic rings. The summed E-state index contributed by atoms with van der Waals surface area (Å²) in [7, 11) is -4.70. The minimum Gasteiger partial charge on any atom is -0.484 e. The fraction of sp³-hybridized carbons (Fsp3) is 0.810. The smallest absolute Gasteiger partial charge is 0.484 e. The molecule has 3 unspecified atom stereocenters. The van der Waals surface area contributed by atoms with Gasteiger partial charge >= 0.3 is 19.8 Å². The van der Waals surface area contributed by atoms with Crippen LogP contribution in [0.5, 0.6) is 11.5 Å². The number of hydrogen-bond donors (Lipinski definition) is 2. The SMILES string of the molecule is CCCCCCCCCCCC(=O)OC[C@H](COP(=O)(O)Oc1c(C)c(C)c2c(c1C)CCC(C)(C(C)O)O2)OC(=O)CCCCCCCCCCC. The summed E-state index contributed by atoms with van der Waals surface area (Å²) in [5.74, 6) is 0.00831. The second-order valence-corrected chi connectivity index (χ2v) is 16.8. The molecule has 1 aliphatic heterocycles. The molecule has 53 heavy (non-hydrogen) atoms. The third kappa shape index (κ3) is 17.5. The number of carbonyl (C=O) groups excluding carboxylic acids is 2. The lowest BCUT2D eigenvalue weighted by Gasteiger charge is -2.40. The number of phosphoric acid groups is 1. The summed E-state index contributed by atoms with van der Waals surface area (Å²) in [6.07, 6.45) is 20.1. The molecule has 2 N–H and O–H groups in total. The molecule has 0 spiro atoms. The lowest BCUT2D eigenvalue weighted by molar-refractivity contribution is -0.161. The summed E-state index contributed by atoms with van der Waals surface area (Å²) in [6.45, 7) is 12.7. The van der Waals surface area contributed by atoms with Crippen molar-refractivity contribution in [3.63, 3.8) is 0 Å². The van der Waals surface area contributed by atoms with Crippen LogP contribution in [-0.4, -0.2) is 53.0 Å². The second-order valence-electron chi connectivity index (χ2n) is 15.4. The molecule has 4 atom stereocenters. The van der Waals surface area contributed by atoms with Crippen molar-refractivity contribution in [1.82, 2.24) is 0 Å². The van der Waals surface area contributed by atoms with Crippen molar-refractivity contribution >= 4 is 19.8 Å². The van der Waals surface area contributed by atoms with Crippen LogP contribution >= 0.6 is 7.82 Å². The van der Waals surface area contributed by atoms with E-state index in [-0.39, 0.29) is 25.2 Å². The molecule has 2 rings (SSSR count). The summed E-state index contributed by atoms with van der Waals surface area (Å²) in [5, 5.41) is 10.3. The number of hydrogen-bond acceptors (Lipinski definition) is 9. The largest absolute Gasteiger partial charge is 0.527 e. The van der Waals surface area contributed by atoms with Crippen LogP contribution in [0.2, 0.25) is 0 Å². The molecule has 0 aliphatic carbocycles. The van der Waals surface area contributed by atoms with E-state index in [0.29, 0.717) is 36.1 Å². The Morgan fingerprint density at radius 3 is 1.75 bits per heavy atom. The lowest BCUT2D eigenvalue weighted by Crippen LogP contribution is -2.46. The number of carbonyl (C=O) groups is 2. The molecule has 1 heterocycles. The molecule has 306 valence electrons. The summed E-state index contributed by atoms with van der Waals surface area (Å²) >= 11 is 0. The number of aliphatic hydroxyl groups excluding tert-OH is 1. The molecule has 0 amide bonds. The summed E-state index contributed by atoms with van der Waals surface area (Å²) in [5.41, 5.74) is 2.12.